The van der Waals surface area contributed by atoms with Crippen LogP contribution in [0.2, 0.25) is 0 Å². The molecule has 1 rings (SSSR count). The first-order chi connectivity index (χ1) is 14.7. The van der Waals surface area contributed by atoms with Crippen molar-refractivity contribution in [2.24, 2.45) is 0 Å². The lowest BCUT2D eigenvalue weighted by molar-refractivity contribution is 0.443. The van der Waals surface area contributed by atoms with Gasteiger partial charge in [-0.3, -0.25) is 0 Å². The van der Waals surface area contributed by atoms with Crippen molar-refractivity contribution in [1.29, 1.82) is 0 Å². The van der Waals surface area contributed by atoms with Crippen LogP contribution in [0.4, 0.5) is 0 Å². The van der Waals surface area contributed by atoms with E-state index in [1.54, 1.807) is 0 Å². The number of unbranched alkanes of at least 4 members (excludes halogenated alkanes) is 15. The fourth-order valence-electron chi connectivity index (χ4n) is 4.71. The Labute approximate surface area is 189 Å². The van der Waals surface area contributed by atoms with Crippen LogP contribution in [0.5, 0.6) is 0 Å². The standard InChI is InChI=1S/C28H54N2/c1-5-7-9-11-12-13-14-15-16-17-19-21-23-27(22-20-18-10-8-6-2)28-29-24-25-30(28)26(3)4/h24-27H,5-23H2,1-4H3. The Morgan fingerprint density at radius 2 is 1.03 bits per heavy atom. The third-order valence-corrected chi connectivity index (χ3v) is 6.68. The maximum atomic E-state index is 4.79. The third kappa shape index (κ3) is 12.8. The van der Waals surface area contributed by atoms with E-state index in [1.807, 2.05) is 6.20 Å². The van der Waals surface area contributed by atoms with Crippen molar-refractivity contribution in [3.8, 4) is 0 Å². The van der Waals surface area contributed by atoms with Crippen molar-refractivity contribution >= 4 is 0 Å². The molecule has 0 N–H and O–H groups in total. The van der Waals surface area contributed by atoms with Crippen molar-refractivity contribution in [3.05, 3.63) is 18.2 Å². The molecule has 1 heterocycles. The number of hydrogen-bond donors (Lipinski definition) is 0. The highest BCUT2D eigenvalue weighted by atomic mass is 15.1. The molecule has 1 atom stereocenters. The first-order valence-electron chi connectivity index (χ1n) is 13.7. The van der Waals surface area contributed by atoms with E-state index >= 15 is 0 Å². The lowest BCUT2D eigenvalue weighted by atomic mass is 9.93. The van der Waals surface area contributed by atoms with Gasteiger partial charge in [-0.15, -0.1) is 0 Å². The van der Waals surface area contributed by atoms with Gasteiger partial charge >= 0.3 is 0 Å². The molecule has 176 valence electrons. The highest BCUT2D eigenvalue weighted by Gasteiger charge is 2.17. The maximum Gasteiger partial charge on any atom is 0.111 e. The molecule has 0 amide bonds. The second kappa shape index (κ2) is 18.9. The average molecular weight is 419 g/mol. The second-order valence-corrected chi connectivity index (χ2v) is 9.86. The molecule has 1 aromatic heterocycles. The van der Waals surface area contributed by atoms with Gasteiger partial charge in [-0.1, -0.05) is 123 Å². The highest BCUT2D eigenvalue weighted by molar-refractivity contribution is 5.02. The minimum atomic E-state index is 0.520. The Balaban J connectivity index is 2.22. The van der Waals surface area contributed by atoms with Crippen molar-refractivity contribution in [1.82, 2.24) is 9.55 Å². The molecule has 0 fully saturated rings. The summed E-state index contributed by atoms with van der Waals surface area (Å²) < 4.78 is 2.41. The van der Waals surface area contributed by atoms with E-state index < -0.39 is 0 Å². The largest absolute Gasteiger partial charge is 0.332 e. The van der Waals surface area contributed by atoms with Crippen molar-refractivity contribution in [3.63, 3.8) is 0 Å². The smallest absolute Gasteiger partial charge is 0.111 e. The van der Waals surface area contributed by atoms with Crippen LogP contribution in [0.15, 0.2) is 12.4 Å². The van der Waals surface area contributed by atoms with Crippen LogP contribution in [-0.2, 0) is 0 Å². The fourth-order valence-corrected chi connectivity index (χ4v) is 4.71. The summed E-state index contributed by atoms with van der Waals surface area (Å²) in [4.78, 5) is 4.79. The number of aromatic nitrogens is 2. The van der Waals surface area contributed by atoms with E-state index in [1.165, 1.54) is 128 Å². The van der Waals surface area contributed by atoms with Gasteiger partial charge in [0.2, 0.25) is 0 Å². The van der Waals surface area contributed by atoms with Crippen LogP contribution in [-0.4, -0.2) is 9.55 Å². The van der Waals surface area contributed by atoms with Gasteiger partial charge in [0.05, 0.1) is 0 Å². The summed E-state index contributed by atoms with van der Waals surface area (Å²) in [5.74, 6) is 2.01. The molecule has 1 aromatic rings. The highest BCUT2D eigenvalue weighted by Crippen LogP contribution is 2.29. The third-order valence-electron chi connectivity index (χ3n) is 6.68. The molecule has 0 saturated heterocycles. The van der Waals surface area contributed by atoms with Crippen LogP contribution < -0.4 is 0 Å². The van der Waals surface area contributed by atoms with Gasteiger partial charge < -0.3 is 4.57 Å². The molecular formula is C28H54N2. The number of nitrogens with zero attached hydrogens (tertiary/aromatic N) is 2. The number of hydrogen-bond acceptors (Lipinski definition) is 1. The van der Waals surface area contributed by atoms with Crippen LogP contribution in [0.1, 0.15) is 167 Å². The lowest BCUT2D eigenvalue weighted by Gasteiger charge is -2.20. The van der Waals surface area contributed by atoms with E-state index in [2.05, 4.69) is 38.5 Å². The topological polar surface area (TPSA) is 17.8 Å². The molecule has 0 radical (unpaired) electrons. The van der Waals surface area contributed by atoms with Gasteiger partial charge in [0.15, 0.2) is 0 Å². The summed E-state index contributed by atoms with van der Waals surface area (Å²) in [6.07, 6.45) is 30.9. The molecule has 0 aromatic carbocycles. The summed E-state index contributed by atoms with van der Waals surface area (Å²) >= 11 is 0. The average Bonchev–Trinajstić information content (AvgIpc) is 3.23. The van der Waals surface area contributed by atoms with Crippen LogP contribution >= 0.6 is 0 Å². The van der Waals surface area contributed by atoms with Gasteiger partial charge in [0.25, 0.3) is 0 Å². The molecule has 0 aliphatic carbocycles. The normalized spacial score (nSPS) is 12.7. The Morgan fingerprint density at radius 3 is 1.43 bits per heavy atom. The number of rotatable bonds is 21. The number of imidazole rings is 1. The minimum Gasteiger partial charge on any atom is -0.332 e. The summed E-state index contributed by atoms with van der Waals surface area (Å²) in [5, 5.41) is 0. The monoisotopic (exact) mass is 418 g/mol. The lowest BCUT2D eigenvalue weighted by Crippen LogP contribution is -2.11. The molecule has 0 aliphatic heterocycles. The Bertz CT molecular complexity index is 477. The predicted octanol–water partition coefficient (Wildman–Crippen LogP) is 10.00. The predicted molar refractivity (Wildman–Crippen MR) is 134 cm³/mol. The molecule has 0 saturated carbocycles. The van der Waals surface area contributed by atoms with Crippen molar-refractivity contribution < 1.29 is 0 Å². The summed E-state index contributed by atoms with van der Waals surface area (Å²) in [6.45, 7) is 9.17. The van der Waals surface area contributed by atoms with Crippen LogP contribution in [0.3, 0.4) is 0 Å². The molecule has 0 bridgehead atoms. The van der Waals surface area contributed by atoms with Gasteiger partial charge in [0, 0.05) is 24.4 Å². The second-order valence-electron chi connectivity index (χ2n) is 9.86. The summed E-state index contributed by atoms with van der Waals surface area (Å²) in [5.41, 5.74) is 0. The van der Waals surface area contributed by atoms with E-state index in [9.17, 15) is 0 Å². The molecule has 1 unspecified atom stereocenters. The van der Waals surface area contributed by atoms with E-state index in [0.717, 1.165) is 0 Å². The maximum absolute atomic E-state index is 4.79. The van der Waals surface area contributed by atoms with Crippen molar-refractivity contribution in [2.75, 3.05) is 0 Å². The van der Waals surface area contributed by atoms with Gasteiger partial charge in [0.1, 0.15) is 5.82 Å². The molecule has 2 nitrogen and oxygen atoms in total. The molecule has 0 spiro atoms. The summed E-state index contributed by atoms with van der Waals surface area (Å²) in [6, 6.07) is 0.520. The zero-order valence-electron chi connectivity index (χ0n) is 21.1. The Morgan fingerprint density at radius 1 is 0.633 bits per heavy atom. The van der Waals surface area contributed by atoms with Gasteiger partial charge in [-0.2, -0.15) is 0 Å². The van der Waals surface area contributed by atoms with E-state index in [4.69, 9.17) is 4.98 Å². The van der Waals surface area contributed by atoms with Crippen LogP contribution in [0.25, 0.3) is 0 Å². The molecule has 0 aliphatic rings. The zero-order valence-corrected chi connectivity index (χ0v) is 21.1. The first-order valence-corrected chi connectivity index (χ1v) is 13.7. The van der Waals surface area contributed by atoms with Crippen LogP contribution in [0, 0.1) is 0 Å². The van der Waals surface area contributed by atoms with Gasteiger partial charge in [-0.25, -0.2) is 4.98 Å². The first kappa shape index (κ1) is 27.2. The minimum absolute atomic E-state index is 0.520. The molecule has 30 heavy (non-hydrogen) atoms. The van der Waals surface area contributed by atoms with E-state index in [0.29, 0.717) is 12.0 Å². The van der Waals surface area contributed by atoms with Gasteiger partial charge in [-0.05, 0) is 26.7 Å². The molecular weight excluding hydrogens is 364 g/mol. The fraction of sp³-hybridized carbons (Fsp3) is 0.893. The molecule has 2 heteroatoms. The Hall–Kier alpha value is -0.790. The summed E-state index contributed by atoms with van der Waals surface area (Å²) in [7, 11) is 0. The SMILES string of the molecule is CCCCCCCCCCCCCCC(CCCCCCC)c1nccn1C(C)C. The Kier molecular flexibility index (Phi) is 17.2. The zero-order chi connectivity index (χ0) is 21.9. The van der Waals surface area contributed by atoms with E-state index in [-0.39, 0.29) is 0 Å². The quantitative estimate of drug-likeness (QED) is 0.182. The van der Waals surface area contributed by atoms with Crippen molar-refractivity contribution in [2.45, 2.75) is 162 Å².